The monoisotopic (exact) mass is 150 g/mol. The first-order valence-corrected chi connectivity index (χ1v) is 3.35. The highest BCUT2D eigenvalue weighted by atomic mass is 16.3. The average molecular weight is 150 g/mol. The molecule has 0 aromatic carbocycles. The predicted molar refractivity (Wildman–Crippen MR) is 43.1 cm³/mol. The Labute approximate surface area is 65.5 Å². The molecule has 0 saturated heterocycles. The molecule has 0 radical (unpaired) electrons. The van der Waals surface area contributed by atoms with Crippen LogP contribution in [-0.4, -0.2) is 17.5 Å². The SMILES string of the molecule is C=C1C=C(C=O)C(O)C(=C)C1. The third kappa shape index (κ3) is 1.46. The van der Waals surface area contributed by atoms with Crippen molar-refractivity contribution in [2.45, 2.75) is 12.5 Å². The van der Waals surface area contributed by atoms with E-state index < -0.39 is 6.10 Å². The largest absolute Gasteiger partial charge is 0.384 e. The summed E-state index contributed by atoms with van der Waals surface area (Å²) in [4.78, 5) is 10.4. The van der Waals surface area contributed by atoms with Gasteiger partial charge in [-0.3, -0.25) is 4.79 Å². The second-order valence-corrected chi connectivity index (χ2v) is 2.66. The third-order valence-corrected chi connectivity index (χ3v) is 1.66. The molecule has 0 amide bonds. The quantitative estimate of drug-likeness (QED) is 0.447. The summed E-state index contributed by atoms with van der Waals surface area (Å²) >= 11 is 0. The number of carbonyl (C=O) groups excluding carboxylic acids is 1. The molecule has 1 aliphatic rings. The van der Waals surface area contributed by atoms with Gasteiger partial charge in [0, 0.05) is 5.57 Å². The number of hydrogen-bond donors (Lipinski definition) is 1. The summed E-state index contributed by atoms with van der Waals surface area (Å²) in [5.74, 6) is 0. The van der Waals surface area contributed by atoms with Gasteiger partial charge >= 0.3 is 0 Å². The first-order valence-electron chi connectivity index (χ1n) is 3.35. The first-order chi connectivity index (χ1) is 5.15. The normalized spacial score (nSPS) is 24.8. The van der Waals surface area contributed by atoms with Gasteiger partial charge in [-0.15, -0.1) is 0 Å². The van der Waals surface area contributed by atoms with Crippen molar-refractivity contribution in [3.8, 4) is 0 Å². The van der Waals surface area contributed by atoms with Crippen LogP contribution in [0.5, 0.6) is 0 Å². The fraction of sp³-hybridized carbons (Fsp3) is 0.222. The number of aliphatic hydroxyl groups excluding tert-OH is 1. The van der Waals surface area contributed by atoms with E-state index >= 15 is 0 Å². The lowest BCUT2D eigenvalue weighted by molar-refractivity contribution is -0.105. The van der Waals surface area contributed by atoms with Crippen LogP contribution >= 0.6 is 0 Å². The van der Waals surface area contributed by atoms with E-state index in [2.05, 4.69) is 13.2 Å². The molecule has 2 nitrogen and oxygen atoms in total. The van der Waals surface area contributed by atoms with Crippen molar-refractivity contribution in [1.82, 2.24) is 0 Å². The number of aliphatic hydroxyl groups is 1. The molecule has 0 fully saturated rings. The number of allylic oxidation sites excluding steroid dienone is 2. The molecule has 1 aliphatic carbocycles. The summed E-state index contributed by atoms with van der Waals surface area (Å²) in [5.41, 5.74) is 1.81. The van der Waals surface area contributed by atoms with Crippen LogP contribution in [0.25, 0.3) is 0 Å². The lowest BCUT2D eigenvalue weighted by Crippen LogP contribution is -2.18. The summed E-state index contributed by atoms with van der Waals surface area (Å²) < 4.78 is 0. The summed E-state index contributed by atoms with van der Waals surface area (Å²) in [7, 11) is 0. The molecule has 2 heteroatoms. The topological polar surface area (TPSA) is 37.3 Å². The van der Waals surface area contributed by atoms with Crippen molar-refractivity contribution in [3.63, 3.8) is 0 Å². The van der Waals surface area contributed by atoms with Gasteiger partial charge in [0.15, 0.2) is 0 Å². The molecule has 0 aromatic heterocycles. The lowest BCUT2D eigenvalue weighted by atomic mass is 9.90. The number of carbonyl (C=O) groups is 1. The van der Waals surface area contributed by atoms with E-state index in [9.17, 15) is 9.90 Å². The summed E-state index contributed by atoms with van der Waals surface area (Å²) in [6.45, 7) is 7.32. The van der Waals surface area contributed by atoms with Crippen LogP contribution in [0.2, 0.25) is 0 Å². The number of rotatable bonds is 1. The van der Waals surface area contributed by atoms with Gasteiger partial charge in [-0.1, -0.05) is 18.7 Å². The Morgan fingerprint density at radius 2 is 2.27 bits per heavy atom. The molecule has 11 heavy (non-hydrogen) atoms. The smallest absolute Gasteiger partial charge is 0.148 e. The molecule has 0 aromatic rings. The number of hydrogen-bond acceptors (Lipinski definition) is 2. The van der Waals surface area contributed by atoms with E-state index in [1.54, 1.807) is 6.08 Å². The van der Waals surface area contributed by atoms with Gasteiger partial charge in [0.05, 0.1) is 0 Å². The second-order valence-electron chi connectivity index (χ2n) is 2.66. The Hall–Kier alpha value is -1.15. The zero-order chi connectivity index (χ0) is 8.43. The Balaban J connectivity index is 2.98. The Morgan fingerprint density at radius 3 is 2.82 bits per heavy atom. The van der Waals surface area contributed by atoms with Crippen molar-refractivity contribution < 1.29 is 9.90 Å². The summed E-state index contributed by atoms with van der Waals surface area (Å²) in [6, 6.07) is 0. The summed E-state index contributed by atoms with van der Waals surface area (Å²) in [6.07, 6.45) is 2.03. The van der Waals surface area contributed by atoms with E-state index in [1.165, 1.54) is 0 Å². The first kappa shape index (κ1) is 7.95. The van der Waals surface area contributed by atoms with Gasteiger partial charge < -0.3 is 5.11 Å². The van der Waals surface area contributed by atoms with Crippen molar-refractivity contribution in [2.75, 3.05) is 0 Å². The molecule has 0 spiro atoms. The highest BCUT2D eigenvalue weighted by Gasteiger charge is 2.18. The lowest BCUT2D eigenvalue weighted by Gasteiger charge is -2.19. The van der Waals surface area contributed by atoms with Gasteiger partial charge in [0.25, 0.3) is 0 Å². The molecular formula is C9H10O2. The maximum Gasteiger partial charge on any atom is 0.148 e. The highest BCUT2D eigenvalue weighted by Crippen LogP contribution is 2.23. The third-order valence-electron chi connectivity index (χ3n) is 1.66. The van der Waals surface area contributed by atoms with Crippen LogP contribution in [0, 0.1) is 0 Å². The van der Waals surface area contributed by atoms with Gasteiger partial charge in [-0.2, -0.15) is 0 Å². The van der Waals surface area contributed by atoms with E-state index in [-0.39, 0.29) is 0 Å². The minimum atomic E-state index is -0.794. The van der Waals surface area contributed by atoms with E-state index in [4.69, 9.17) is 0 Å². The Kier molecular flexibility index (Phi) is 2.06. The van der Waals surface area contributed by atoms with Crippen molar-refractivity contribution in [1.29, 1.82) is 0 Å². The van der Waals surface area contributed by atoms with Gasteiger partial charge in [0.1, 0.15) is 12.4 Å². The summed E-state index contributed by atoms with van der Waals surface area (Å²) in [5, 5.41) is 9.32. The standard InChI is InChI=1S/C9H10O2/c1-6-3-7(2)9(11)8(4-6)5-10/h4-5,9,11H,1-3H2. The molecule has 1 rings (SSSR count). The minimum absolute atomic E-state index is 0.353. The maximum atomic E-state index is 10.4. The number of aldehydes is 1. The van der Waals surface area contributed by atoms with Gasteiger partial charge in [0.2, 0.25) is 0 Å². The van der Waals surface area contributed by atoms with Crippen LogP contribution in [0.4, 0.5) is 0 Å². The van der Waals surface area contributed by atoms with Crippen molar-refractivity contribution in [3.05, 3.63) is 36.0 Å². The Bertz CT molecular complexity index is 248. The van der Waals surface area contributed by atoms with Crippen LogP contribution in [0.1, 0.15) is 6.42 Å². The van der Waals surface area contributed by atoms with Crippen LogP contribution in [-0.2, 0) is 4.79 Å². The zero-order valence-electron chi connectivity index (χ0n) is 6.21. The molecule has 0 bridgehead atoms. The van der Waals surface area contributed by atoms with Crippen molar-refractivity contribution >= 4 is 6.29 Å². The highest BCUT2D eigenvalue weighted by molar-refractivity contribution is 5.78. The molecule has 0 heterocycles. The fourth-order valence-corrected chi connectivity index (χ4v) is 1.09. The van der Waals surface area contributed by atoms with Gasteiger partial charge in [-0.05, 0) is 18.1 Å². The molecule has 1 unspecified atom stereocenters. The van der Waals surface area contributed by atoms with E-state index in [1.807, 2.05) is 0 Å². The van der Waals surface area contributed by atoms with Crippen LogP contribution in [0.3, 0.4) is 0 Å². The minimum Gasteiger partial charge on any atom is -0.384 e. The molecule has 1 atom stereocenters. The predicted octanol–water partition coefficient (Wildman–Crippen LogP) is 0.989. The second kappa shape index (κ2) is 2.84. The fourth-order valence-electron chi connectivity index (χ4n) is 1.09. The molecule has 58 valence electrons. The van der Waals surface area contributed by atoms with E-state index in [0.29, 0.717) is 23.9 Å². The van der Waals surface area contributed by atoms with Gasteiger partial charge in [-0.25, -0.2) is 0 Å². The average Bonchev–Trinajstić information content (AvgIpc) is 1.96. The van der Waals surface area contributed by atoms with Crippen LogP contribution < -0.4 is 0 Å². The molecule has 0 saturated carbocycles. The van der Waals surface area contributed by atoms with Crippen LogP contribution in [0.15, 0.2) is 36.0 Å². The molecular weight excluding hydrogens is 140 g/mol. The molecule has 1 N–H and O–H groups in total. The Morgan fingerprint density at radius 1 is 1.64 bits per heavy atom. The maximum absolute atomic E-state index is 10.4. The zero-order valence-corrected chi connectivity index (χ0v) is 6.21. The molecule has 0 aliphatic heterocycles. The van der Waals surface area contributed by atoms with Crippen molar-refractivity contribution in [2.24, 2.45) is 0 Å². The van der Waals surface area contributed by atoms with E-state index in [0.717, 1.165) is 5.57 Å².